The summed E-state index contributed by atoms with van der Waals surface area (Å²) in [4.78, 5) is 0. The lowest BCUT2D eigenvalue weighted by Crippen LogP contribution is -2.30. The largest absolute Gasteiger partial charge is 0.325 e. The van der Waals surface area contributed by atoms with Crippen molar-refractivity contribution in [2.75, 3.05) is 0 Å². The molecule has 0 saturated carbocycles. The third-order valence-corrected chi connectivity index (χ3v) is 1.33. The molecule has 3 heteroatoms. The highest BCUT2D eigenvalue weighted by molar-refractivity contribution is 6.28. The van der Waals surface area contributed by atoms with Crippen LogP contribution in [0.3, 0.4) is 0 Å². The lowest BCUT2D eigenvalue weighted by molar-refractivity contribution is -0.903. The van der Waals surface area contributed by atoms with E-state index in [1.807, 2.05) is 13.0 Å². The SMILES string of the molecule is Cc1ccc(Cl)[n+](O)c1. The number of halogens is 1. The van der Waals surface area contributed by atoms with Gasteiger partial charge < -0.3 is 0 Å². The van der Waals surface area contributed by atoms with Crippen LogP contribution in [0, 0.1) is 6.92 Å². The molecular weight excluding hydrogens is 138 g/mol. The maximum Gasteiger partial charge on any atom is 0.325 e. The van der Waals surface area contributed by atoms with E-state index in [1.165, 1.54) is 0 Å². The fraction of sp³-hybridized carbons (Fsp3) is 0.167. The predicted octanol–water partition coefficient (Wildman–Crippen LogP) is 1.17. The summed E-state index contributed by atoms with van der Waals surface area (Å²) < 4.78 is 0.886. The summed E-state index contributed by atoms with van der Waals surface area (Å²) in [5, 5.41) is 9.20. The van der Waals surface area contributed by atoms with Crippen molar-refractivity contribution in [1.29, 1.82) is 0 Å². The standard InChI is InChI=1S/C6H7ClNO/c1-5-2-3-6(7)8(9)4-5/h2-4,9H,1H3/q+1. The molecule has 2 nitrogen and oxygen atoms in total. The van der Waals surface area contributed by atoms with Crippen molar-refractivity contribution in [3.63, 3.8) is 0 Å². The fourth-order valence-electron chi connectivity index (χ4n) is 0.574. The summed E-state index contributed by atoms with van der Waals surface area (Å²) >= 11 is 5.49. The van der Waals surface area contributed by atoms with Crippen molar-refractivity contribution >= 4 is 11.6 Å². The average molecular weight is 145 g/mol. The van der Waals surface area contributed by atoms with Crippen molar-refractivity contribution in [2.45, 2.75) is 6.92 Å². The molecule has 0 aliphatic heterocycles. The average Bonchev–Trinajstić information content (AvgIpc) is 1.80. The Labute approximate surface area is 58.3 Å². The Morgan fingerprint density at radius 2 is 2.22 bits per heavy atom. The molecule has 0 aromatic carbocycles. The van der Waals surface area contributed by atoms with Gasteiger partial charge in [0.2, 0.25) is 6.20 Å². The first-order valence-corrected chi connectivity index (χ1v) is 2.95. The van der Waals surface area contributed by atoms with Crippen LogP contribution >= 0.6 is 11.6 Å². The zero-order chi connectivity index (χ0) is 6.85. The summed E-state index contributed by atoms with van der Waals surface area (Å²) in [7, 11) is 0. The zero-order valence-electron chi connectivity index (χ0n) is 5.00. The Bertz CT molecular complexity index is 224. The van der Waals surface area contributed by atoms with Gasteiger partial charge in [0, 0.05) is 16.4 Å². The molecule has 0 saturated heterocycles. The summed E-state index contributed by atoms with van der Waals surface area (Å²) in [6.07, 6.45) is 1.54. The first kappa shape index (κ1) is 6.36. The fourth-order valence-corrected chi connectivity index (χ4v) is 0.686. The molecule has 48 valence electrons. The van der Waals surface area contributed by atoms with Crippen LogP contribution in [0.25, 0.3) is 0 Å². The van der Waals surface area contributed by atoms with Gasteiger partial charge in [-0.1, -0.05) is 0 Å². The molecule has 1 aromatic heterocycles. The maximum atomic E-state index is 8.88. The van der Waals surface area contributed by atoms with Gasteiger partial charge in [-0.15, -0.1) is 0 Å². The van der Waals surface area contributed by atoms with Crippen LogP contribution < -0.4 is 4.73 Å². The molecule has 0 bridgehead atoms. The second kappa shape index (κ2) is 2.23. The van der Waals surface area contributed by atoms with Gasteiger partial charge in [0.25, 0.3) is 0 Å². The Hall–Kier alpha value is -0.760. The number of hydrogen-bond acceptors (Lipinski definition) is 1. The van der Waals surface area contributed by atoms with E-state index in [2.05, 4.69) is 0 Å². The van der Waals surface area contributed by atoms with E-state index in [0.29, 0.717) is 5.15 Å². The second-order valence-electron chi connectivity index (χ2n) is 1.87. The van der Waals surface area contributed by atoms with Crippen LogP contribution in [0.5, 0.6) is 0 Å². The molecule has 9 heavy (non-hydrogen) atoms. The number of pyridine rings is 1. The molecule has 0 aliphatic rings. The van der Waals surface area contributed by atoms with E-state index >= 15 is 0 Å². The van der Waals surface area contributed by atoms with Crippen LogP contribution in [0.2, 0.25) is 5.15 Å². The van der Waals surface area contributed by atoms with Crippen molar-refractivity contribution in [2.24, 2.45) is 0 Å². The lowest BCUT2D eigenvalue weighted by atomic mass is 10.3. The molecule has 0 fully saturated rings. The molecule has 1 aromatic rings. The predicted molar refractivity (Wildman–Crippen MR) is 33.6 cm³/mol. The number of rotatable bonds is 0. The molecule has 1 heterocycles. The molecule has 0 atom stereocenters. The van der Waals surface area contributed by atoms with E-state index in [0.717, 1.165) is 10.3 Å². The highest BCUT2D eigenvalue weighted by atomic mass is 35.5. The minimum atomic E-state index is 0.320. The third-order valence-electron chi connectivity index (χ3n) is 1.03. The molecule has 1 N–H and O–H groups in total. The van der Waals surface area contributed by atoms with Gasteiger partial charge >= 0.3 is 5.15 Å². The van der Waals surface area contributed by atoms with Crippen molar-refractivity contribution in [3.8, 4) is 0 Å². The van der Waals surface area contributed by atoms with Crippen molar-refractivity contribution < 1.29 is 9.94 Å². The molecule has 0 spiro atoms. The first-order chi connectivity index (χ1) is 4.20. The molecule has 0 radical (unpaired) electrons. The normalized spacial score (nSPS) is 9.56. The Morgan fingerprint density at radius 1 is 1.56 bits per heavy atom. The van der Waals surface area contributed by atoms with E-state index in [-0.39, 0.29) is 0 Å². The van der Waals surface area contributed by atoms with E-state index in [1.54, 1.807) is 12.3 Å². The summed E-state index contributed by atoms with van der Waals surface area (Å²) in [5.74, 6) is 0. The van der Waals surface area contributed by atoms with Crippen molar-refractivity contribution in [3.05, 3.63) is 29.0 Å². The molecule has 0 amide bonds. The minimum absolute atomic E-state index is 0.320. The van der Waals surface area contributed by atoms with Crippen LogP contribution in [-0.4, -0.2) is 5.21 Å². The monoisotopic (exact) mass is 144 g/mol. The molecule has 0 aliphatic carbocycles. The molecular formula is C6H7ClNO+. The topological polar surface area (TPSA) is 24.1 Å². The van der Waals surface area contributed by atoms with Crippen molar-refractivity contribution in [1.82, 2.24) is 0 Å². The Balaban J connectivity index is 3.17. The van der Waals surface area contributed by atoms with E-state index in [4.69, 9.17) is 16.8 Å². The lowest BCUT2D eigenvalue weighted by Gasteiger charge is -1.86. The van der Waals surface area contributed by atoms with Crippen LogP contribution in [0.1, 0.15) is 5.56 Å². The van der Waals surface area contributed by atoms with Gasteiger partial charge in [0.15, 0.2) is 0 Å². The van der Waals surface area contributed by atoms with Crippen LogP contribution in [0.15, 0.2) is 18.3 Å². The zero-order valence-corrected chi connectivity index (χ0v) is 5.76. The van der Waals surface area contributed by atoms with E-state index < -0.39 is 0 Å². The maximum absolute atomic E-state index is 8.88. The number of aromatic nitrogens is 1. The van der Waals surface area contributed by atoms with Gasteiger partial charge in [-0.05, 0) is 24.6 Å². The van der Waals surface area contributed by atoms with Crippen LogP contribution in [-0.2, 0) is 0 Å². The Morgan fingerprint density at radius 3 is 2.67 bits per heavy atom. The number of aryl methyl sites for hydroxylation is 1. The van der Waals surface area contributed by atoms with Gasteiger partial charge in [0.05, 0.1) is 0 Å². The quantitative estimate of drug-likeness (QED) is 0.330. The molecule has 0 unspecified atom stereocenters. The van der Waals surface area contributed by atoms with Gasteiger partial charge in [0.1, 0.15) is 0 Å². The van der Waals surface area contributed by atoms with E-state index in [9.17, 15) is 0 Å². The van der Waals surface area contributed by atoms with Gasteiger partial charge in [-0.3, -0.25) is 5.21 Å². The van der Waals surface area contributed by atoms with Gasteiger partial charge in [-0.25, -0.2) is 0 Å². The molecule has 1 rings (SSSR count). The third kappa shape index (κ3) is 1.33. The van der Waals surface area contributed by atoms with Gasteiger partial charge in [-0.2, -0.15) is 0 Å². The smallest absolute Gasteiger partial charge is 0.284 e. The summed E-state index contributed by atoms with van der Waals surface area (Å²) in [6, 6.07) is 3.46. The minimum Gasteiger partial charge on any atom is -0.284 e. The Kier molecular flexibility index (Phi) is 1.58. The summed E-state index contributed by atoms with van der Waals surface area (Å²) in [6.45, 7) is 1.88. The highest BCUT2D eigenvalue weighted by Gasteiger charge is 2.03. The number of nitrogens with zero attached hydrogens (tertiary/aromatic N) is 1. The van der Waals surface area contributed by atoms with Crippen LogP contribution in [0.4, 0.5) is 0 Å². The first-order valence-electron chi connectivity index (χ1n) is 2.57. The summed E-state index contributed by atoms with van der Waals surface area (Å²) in [5.41, 5.74) is 0.974. The highest BCUT2D eigenvalue weighted by Crippen LogP contribution is 2.00. The second-order valence-corrected chi connectivity index (χ2v) is 2.26. The number of hydrogen-bond donors (Lipinski definition) is 1.